The number of aliphatic hydroxyl groups is 1. The van der Waals surface area contributed by atoms with Gasteiger partial charge < -0.3 is 15.2 Å². The van der Waals surface area contributed by atoms with E-state index in [1.54, 1.807) is 26.8 Å². The van der Waals surface area contributed by atoms with Crippen LogP contribution in [-0.4, -0.2) is 33.4 Å². The van der Waals surface area contributed by atoms with Crippen LogP contribution < -0.4 is 5.32 Å². The highest BCUT2D eigenvalue weighted by Gasteiger charge is 2.21. The molecule has 0 fully saturated rings. The number of amides is 1. The minimum Gasteiger partial charge on any atom is -0.444 e. The number of hydrogen-bond donors (Lipinski definition) is 2. The third kappa shape index (κ3) is 11.6. The molecule has 1 aromatic carbocycles. The zero-order chi connectivity index (χ0) is 21.7. The molecular formula is C19H26BrF2N3O3. The van der Waals surface area contributed by atoms with Crippen molar-refractivity contribution in [2.75, 3.05) is 6.61 Å². The van der Waals surface area contributed by atoms with E-state index in [0.29, 0.717) is 10.4 Å². The molecule has 28 heavy (non-hydrogen) atoms. The van der Waals surface area contributed by atoms with Crippen LogP contribution >= 0.6 is 15.9 Å². The highest BCUT2D eigenvalue weighted by molar-refractivity contribution is 9.10. The van der Waals surface area contributed by atoms with Gasteiger partial charge in [0.25, 0.3) is 0 Å². The molecule has 1 amide bonds. The number of benzene rings is 1. The summed E-state index contributed by atoms with van der Waals surface area (Å²) in [4.78, 5) is 19.5. The standard InChI is InChI=1S/C11H16BrN3O3.C6H4F2.C2H6/c1-11(2,3)18-10(17)15-8(6-16)7-4-5-13-9(12)14-7;7-5-1-2-6(8)4-3-5;1-2/h4-5,8,16H,6H2,1-3H3,(H,15,17);1-4H;1-2H3. The van der Waals surface area contributed by atoms with Crippen molar-refractivity contribution in [3.8, 4) is 0 Å². The zero-order valence-corrected chi connectivity index (χ0v) is 18.1. The van der Waals surface area contributed by atoms with Gasteiger partial charge in [0.1, 0.15) is 17.2 Å². The molecule has 1 heterocycles. The molecule has 2 aromatic rings. The van der Waals surface area contributed by atoms with Gasteiger partial charge in [-0.25, -0.2) is 23.5 Å². The van der Waals surface area contributed by atoms with Crippen LogP contribution in [0.2, 0.25) is 0 Å². The number of carbonyl (C=O) groups excluding carboxylic acids is 1. The lowest BCUT2D eigenvalue weighted by Crippen LogP contribution is -2.36. The maximum Gasteiger partial charge on any atom is 0.408 e. The zero-order valence-electron chi connectivity index (χ0n) is 16.5. The first kappa shape index (κ1) is 25.9. The Morgan fingerprint density at radius 2 is 1.68 bits per heavy atom. The molecule has 9 heteroatoms. The summed E-state index contributed by atoms with van der Waals surface area (Å²) < 4.78 is 29.3. The van der Waals surface area contributed by atoms with Gasteiger partial charge in [-0.2, -0.15) is 0 Å². The average molecular weight is 462 g/mol. The van der Waals surface area contributed by atoms with Crippen LogP contribution in [0.3, 0.4) is 0 Å². The Hall–Kier alpha value is -2.13. The lowest BCUT2D eigenvalue weighted by molar-refractivity contribution is 0.0480. The predicted molar refractivity (Wildman–Crippen MR) is 107 cm³/mol. The number of carbonyl (C=O) groups is 1. The van der Waals surface area contributed by atoms with E-state index in [4.69, 9.17) is 4.74 Å². The number of nitrogens with zero attached hydrogens (tertiary/aromatic N) is 2. The van der Waals surface area contributed by atoms with Crippen LogP contribution in [0.4, 0.5) is 13.6 Å². The van der Waals surface area contributed by atoms with Gasteiger partial charge in [-0.3, -0.25) is 0 Å². The first-order chi connectivity index (χ1) is 13.1. The summed E-state index contributed by atoms with van der Waals surface area (Å²) >= 11 is 3.13. The van der Waals surface area contributed by atoms with E-state index in [0.717, 1.165) is 24.3 Å². The van der Waals surface area contributed by atoms with Crippen LogP contribution in [0.25, 0.3) is 0 Å². The third-order valence-electron chi connectivity index (χ3n) is 2.68. The summed E-state index contributed by atoms with van der Waals surface area (Å²) in [6, 6.07) is 5.30. The molecule has 1 unspecified atom stereocenters. The number of ether oxygens (including phenoxy) is 1. The van der Waals surface area contributed by atoms with Gasteiger partial charge in [-0.15, -0.1) is 0 Å². The number of halogens is 3. The van der Waals surface area contributed by atoms with Gasteiger partial charge in [-0.05, 0) is 67.0 Å². The van der Waals surface area contributed by atoms with Gasteiger partial charge in [0.05, 0.1) is 18.3 Å². The fraction of sp³-hybridized carbons (Fsp3) is 0.421. The van der Waals surface area contributed by atoms with Crippen molar-refractivity contribution in [3.63, 3.8) is 0 Å². The predicted octanol–water partition coefficient (Wildman–Crippen LogP) is 4.79. The van der Waals surface area contributed by atoms with Crippen LogP contribution in [-0.2, 0) is 4.74 Å². The largest absolute Gasteiger partial charge is 0.444 e. The molecule has 156 valence electrons. The van der Waals surface area contributed by atoms with Gasteiger partial charge in [-0.1, -0.05) is 13.8 Å². The van der Waals surface area contributed by atoms with E-state index in [2.05, 4.69) is 31.2 Å². The van der Waals surface area contributed by atoms with Crippen LogP contribution in [0.15, 0.2) is 41.3 Å². The van der Waals surface area contributed by atoms with E-state index >= 15 is 0 Å². The van der Waals surface area contributed by atoms with Crippen molar-refractivity contribution < 1.29 is 23.4 Å². The molecule has 2 rings (SSSR count). The van der Waals surface area contributed by atoms with Crippen molar-refractivity contribution in [3.05, 3.63) is 58.6 Å². The summed E-state index contributed by atoms with van der Waals surface area (Å²) in [6.07, 6.45) is 0.933. The van der Waals surface area contributed by atoms with E-state index in [1.807, 2.05) is 13.8 Å². The number of alkyl carbamates (subject to hydrolysis) is 1. The Morgan fingerprint density at radius 1 is 1.18 bits per heavy atom. The van der Waals surface area contributed by atoms with Crippen molar-refractivity contribution in [1.82, 2.24) is 15.3 Å². The van der Waals surface area contributed by atoms with E-state index in [9.17, 15) is 18.7 Å². The number of hydrogen-bond acceptors (Lipinski definition) is 5. The quantitative estimate of drug-likeness (QED) is 0.641. The Morgan fingerprint density at radius 3 is 2.07 bits per heavy atom. The minimum atomic E-state index is -0.626. The fourth-order valence-electron chi connectivity index (χ4n) is 1.63. The van der Waals surface area contributed by atoms with E-state index in [-0.39, 0.29) is 6.61 Å². The fourth-order valence-corrected chi connectivity index (χ4v) is 1.96. The van der Waals surface area contributed by atoms with Gasteiger partial charge >= 0.3 is 6.09 Å². The smallest absolute Gasteiger partial charge is 0.408 e. The molecule has 0 radical (unpaired) electrons. The molecule has 0 aliphatic rings. The summed E-state index contributed by atoms with van der Waals surface area (Å²) in [5.41, 5.74) is -0.0821. The molecule has 6 nitrogen and oxygen atoms in total. The molecule has 0 aliphatic carbocycles. The topological polar surface area (TPSA) is 84.3 Å². The van der Waals surface area contributed by atoms with Crippen molar-refractivity contribution in [2.24, 2.45) is 0 Å². The molecule has 0 aliphatic heterocycles. The molecule has 0 spiro atoms. The Labute approximate surface area is 172 Å². The summed E-state index contributed by atoms with van der Waals surface area (Å²) in [6.45, 7) is 9.02. The van der Waals surface area contributed by atoms with E-state index in [1.165, 1.54) is 6.20 Å². The summed E-state index contributed by atoms with van der Waals surface area (Å²) in [5.74, 6) is -0.821. The van der Waals surface area contributed by atoms with Gasteiger partial charge in [0.15, 0.2) is 4.73 Å². The van der Waals surface area contributed by atoms with Crippen molar-refractivity contribution >= 4 is 22.0 Å². The average Bonchev–Trinajstić information content (AvgIpc) is 2.63. The Bertz CT molecular complexity index is 689. The maximum absolute atomic E-state index is 11.9. The molecule has 0 bridgehead atoms. The summed E-state index contributed by atoms with van der Waals surface area (Å²) in [5, 5.41) is 11.8. The van der Waals surface area contributed by atoms with Gasteiger partial charge in [0.2, 0.25) is 0 Å². The lowest BCUT2D eigenvalue weighted by Gasteiger charge is -2.22. The molecule has 0 saturated heterocycles. The normalized spacial score (nSPS) is 11.2. The Balaban J connectivity index is 0.000000604. The van der Waals surface area contributed by atoms with Crippen LogP contribution in [0.5, 0.6) is 0 Å². The first-order valence-corrected chi connectivity index (χ1v) is 9.40. The number of nitrogens with one attached hydrogen (secondary N) is 1. The number of aromatic nitrogens is 2. The highest BCUT2D eigenvalue weighted by atomic mass is 79.9. The first-order valence-electron chi connectivity index (χ1n) is 8.60. The monoisotopic (exact) mass is 461 g/mol. The van der Waals surface area contributed by atoms with E-state index < -0.39 is 29.4 Å². The minimum absolute atomic E-state index is 0.275. The molecule has 2 N–H and O–H groups in total. The van der Waals surface area contributed by atoms with Crippen LogP contribution in [0, 0.1) is 11.6 Å². The molecule has 1 atom stereocenters. The molecule has 1 aromatic heterocycles. The lowest BCUT2D eigenvalue weighted by atomic mass is 10.2. The maximum atomic E-state index is 11.9. The van der Waals surface area contributed by atoms with Crippen molar-refractivity contribution in [1.29, 1.82) is 0 Å². The highest BCUT2D eigenvalue weighted by Crippen LogP contribution is 2.13. The third-order valence-corrected chi connectivity index (χ3v) is 3.06. The second-order valence-electron chi connectivity index (χ2n) is 6.07. The number of aliphatic hydroxyl groups excluding tert-OH is 1. The molecule has 0 saturated carbocycles. The van der Waals surface area contributed by atoms with Crippen molar-refractivity contribution in [2.45, 2.75) is 46.3 Å². The van der Waals surface area contributed by atoms with Gasteiger partial charge in [0, 0.05) is 6.20 Å². The Kier molecular flexibility index (Phi) is 12.1. The summed E-state index contributed by atoms with van der Waals surface area (Å²) in [7, 11) is 0. The van der Waals surface area contributed by atoms with Crippen LogP contribution in [0.1, 0.15) is 46.4 Å². The second-order valence-corrected chi connectivity index (χ2v) is 6.78. The number of rotatable bonds is 3. The molecular weight excluding hydrogens is 436 g/mol. The SMILES string of the molecule is CC.CC(C)(C)OC(=O)NC(CO)c1ccnc(Br)n1.Fc1ccc(F)cc1. The second kappa shape index (κ2) is 13.1.